The number of rotatable bonds is 3. The molecular weight excluding hydrogens is 176 g/mol. The van der Waals surface area contributed by atoms with Gasteiger partial charge in [0.1, 0.15) is 0 Å². The summed E-state index contributed by atoms with van der Waals surface area (Å²) < 4.78 is 0. The maximum absolute atomic E-state index is 10.3. The zero-order valence-corrected chi connectivity index (χ0v) is 8.91. The van der Waals surface area contributed by atoms with Gasteiger partial charge in [-0.15, -0.1) is 0 Å². The Kier molecular flexibility index (Phi) is 3.13. The van der Waals surface area contributed by atoms with Gasteiger partial charge in [-0.3, -0.25) is 0 Å². The quantitative estimate of drug-likeness (QED) is 0.729. The van der Waals surface area contributed by atoms with Crippen LogP contribution >= 0.6 is 0 Å². The van der Waals surface area contributed by atoms with Crippen LogP contribution in [0.5, 0.6) is 0 Å². The summed E-state index contributed by atoms with van der Waals surface area (Å²) in [6.45, 7) is 0.185. The van der Waals surface area contributed by atoms with E-state index >= 15 is 0 Å². The molecule has 2 aliphatic rings. The zero-order chi connectivity index (χ0) is 10.0. The highest BCUT2D eigenvalue weighted by Crippen LogP contribution is 2.46. The Labute approximate surface area is 86.3 Å². The van der Waals surface area contributed by atoms with E-state index in [0.29, 0.717) is 5.92 Å². The molecule has 0 aromatic rings. The van der Waals surface area contributed by atoms with E-state index in [9.17, 15) is 10.2 Å². The van der Waals surface area contributed by atoms with E-state index in [2.05, 4.69) is 0 Å². The van der Waals surface area contributed by atoms with Gasteiger partial charge in [0.15, 0.2) is 0 Å². The molecule has 0 spiro atoms. The van der Waals surface area contributed by atoms with Gasteiger partial charge in [-0.25, -0.2) is 0 Å². The molecule has 2 nitrogen and oxygen atoms in total. The second-order valence-corrected chi connectivity index (χ2v) is 5.22. The largest absolute Gasteiger partial charge is 0.396 e. The van der Waals surface area contributed by atoms with Crippen molar-refractivity contribution < 1.29 is 10.2 Å². The molecule has 2 heteroatoms. The molecule has 0 aromatic carbocycles. The molecule has 0 bridgehead atoms. The minimum atomic E-state index is -0.238. The second-order valence-electron chi connectivity index (χ2n) is 5.22. The van der Waals surface area contributed by atoms with Gasteiger partial charge in [0.25, 0.3) is 0 Å². The summed E-state index contributed by atoms with van der Waals surface area (Å²) in [5.41, 5.74) is -0.130. The van der Waals surface area contributed by atoms with Crippen LogP contribution in [0, 0.1) is 11.3 Å². The molecule has 0 heterocycles. The lowest BCUT2D eigenvalue weighted by Gasteiger charge is -2.36. The Morgan fingerprint density at radius 3 is 2.14 bits per heavy atom. The predicted octanol–water partition coefficient (Wildman–Crippen LogP) is 2.09. The number of hydrogen-bond acceptors (Lipinski definition) is 2. The van der Waals surface area contributed by atoms with Crippen LogP contribution in [0.1, 0.15) is 51.4 Å². The van der Waals surface area contributed by atoms with E-state index in [-0.39, 0.29) is 18.1 Å². The monoisotopic (exact) mass is 198 g/mol. The van der Waals surface area contributed by atoms with Crippen LogP contribution < -0.4 is 0 Å². The molecule has 2 rings (SSSR count). The van der Waals surface area contributed by atoms with E-state index in [1.54, 1.807) is 0 Å². The van der Waals surface area contributed by atoms with Crippen LogP contribution in [0.3, 0.4) is 0 Å². The van der Waals surface area contributed by atoms with Crippen LogP contribution in [0.15, 0.2) is 0 Å². The van der Waals surface area contributed by atoms with Crippen LogP contribution in [-0.2, 0) is 0 Å². The Morgan fingerprint density at radius 2 is 1.64 bits per heavy atom. The molecule has 14 heavy (non-hydrogen) atoms. The second kappa shape index (κ2) is 4.19. The molecule has 0 aliphatic heterocycles. The van der Waals surface area contributed by atoms with Crippen molar-refractivity contribution in [1.82, 2.24) is 0 Å². The summed E-state index contributed by atoms with van der Waals surface area (Å²) in [4.78, 5) is 0. The van der Waals surface area contributed by atoms with E-state index in [1.165, 1.54) is 38.5 Å². The van der Waals surface area contributed by atoms with Gasteiger partial charge in [0, 0.05) is 5.41 Å². The summed E-state index contributed by atoms with van der Waals surface area (Å²) in [7, 11) is 0. The van der Waals surface area contributed by atoms with Crippen molar-refractivity contribution >= 4 is 0 Å². The lowest BCUT2D eigenvalue weighted by Crippen LogP contribution is -2.40. The SMILES string of the molecule is OCC1([C@@H](O)C2CCCC2)CCCC1. The molecule has 1 atom stereocenters. The molecule has 0 amide bonds. The Bertz CT molecular complexity index is 179. The van der Waals surface area contributed by atoms with E-state index in [4.69, 9.17) is 0 Å². The van der Waals surface area contributed by atoms with Crippen molar-refractivity contribution in [2.24, 2.45) is 11.3 Å². The summed E-state index contributed by atoms with van der Waals surface area (Å²) in [6, 6.07) is 0. The molecule has 0 aromatic heterocycles. The van der Waals surface area contributed by atoms with Gasteiger partial charge < -0.3 is 10.2 Å². The van der Waals surface area contributed by atoms with Crippen molar-refractivity contribution in [2.75, 3.05) is 6.61 Å². The topological polar surface area (TPSA) is 40.5 Å². The fourth-order valence-electron chi connectivity index (χ4n) is 3.40. The molecule has 0 saturated heterocycles. The third-order valence-corrected chi connectivity index (χ3v) is 4.39. The van der Waals surface area contributed by atoms with E-state index < -0.39 is 0 Å². The number of aliphatic hydroxyl groups is 2. The first kappa shape index (κ1) is 10.4. The van der Waals surface area contributed by atoms with Gasteiger partial charge in [0.05, 0.1) is 12.7 Å². The lowest BCUT2D eigenvalue weighted by molar-refractivity contribution is -0.0465. The standard InChI is InChI=1S/C12H22O2/c13-9-12(7-3-4-8-12)11(14)10-5-1-2-6-10/h10-11,13-14H,1-9H2/t11-/m0/s1. The minimum absolute atomic E-state index is 0.130. The third kappa shape index (κ3) is 1.70. The van der Waals surface area contributed by atoms with Crippen molar-refractivity contribution in [3.05, 3.63) is 0 Å². The molecule has 2 fully saturated rings. The Balaban J connectivity index is 2.02. The zero-order valence-electron chi connectivity index (χ0n) is 8.91. The third-order valence-electron chi connectivity index (χ3n) is 4.39. The predicted molar refractivity (Wildman–Crippen MR) is 56.0 cm³/mol. The average Bonchev–Trinajstić information content (AvgIpc) is 2.89. The molecule has 82 valence electrons. The van der Waals surface area contributed by atoms with E-state index in [0.717, 1.165) is 12.8 Å². The smallest absolute Gasteiger partial charge is 0.0646 e. The minimum Gasteiger partial charge on any atom is -0.396 e. The van der Waals surface area contributed by atoms with Crippen molar-refractivity contribution in [1.29, 1.82) is 0 Å². The normalized spacial score (nSPS) is 29.6. The highest BCUT2D eigenvalue weighted by atomic mass is 16.3. The van der Waals surface area contributed by atoms with Crippen LogP contribution in [0.4, 0.5) is 0 Å². The fourth-order valence-corrected chi connectivity index (χ4v) is 3.40. The van der Waals surface area contributed by atoms with Gasteiger partial charge in [-0.1, -0.05) is 25.7 Å². The fraction of sp³-hybridized carbons (Fsp3) is 1.00. The maximum Gasteiger partial charge on any atom is 0.0646 e. The van der Waals surface area contributed by atoms with E-state index in [1.807, 2.05) is 0 Å². The molecule has 2 saturated carbocycles. The molecule has 0 unspecified atom stereocenters. The van der Waals surface area contributed by atoms with Gasteiger partial charge in [-0.05, 0) is 31.6 Å². The van der Waals surface area contributed by atoms with Gasteiger partial charge in [0.2, 0.25) is 0 Å². The lowest BCUT2D eigenvalue weighted by atomic mass is 9.75. The van der Waals surface area contributed by atoms with Crippen LogP contribution in [0.2, 0.25) is 0 Å². The van der Waals surface area contributed by atoms with Gasteiger partial charge >= 0.3 is 0 Å². The molecule has 2 aliphatic carbocycles. The summed E-state index contributed by atoms with van der Waals surface area (Å²) in [5.74, 6) is 0.472. The Hall–Kier alpha value is -0.0800. The first-order chi connectivity index (χ1) is 6.78. The summed E-state index contributed by atoms with van der Waals surface area (Å²) >= 11 is 0. The molecule has 0 radical (unpaired) electrons. The van der Waals surface area contributed by atoms with Crippen molar-refractivity contribution in [3.63, 3.8) is 0 Å². The van der Waals surface area contributed by atoms with Crippen LogP contribution in [-0.4, -0.2) is 22.9 Å². The highest BCUT2D eigenvalue weighted by molar-refractivity contribution is 4.94. The first-order valence-corrected chi connectivity index (χ1v) is 6.07. The summed E-state index contributed by atoms with van der Waals surface area (Å²) in [6.07, 6.45) is 9.06. The number of hydrogen-bond donors (Lipinski definition) is 2. The molecule has 2 N–H and O–H groups in total. The van der Waals surface area contributed by atoms with Gasteiger partial charge in [-0.2, -0.15) is 0 Å². The first-order valence-electron chi connectivity index (χ1n) is 6.07. The van der Waals surface area contributed by atoms with Crippen LogP contribution in [0.25, 0.3) is 0 Å². The maximum atomic E-state index is 10.3. The Morgan fingerprint density at radius 1 is 1.07 bits per heavy atom. The van der Waals surface area contributed by atoms with Crippen molar-refractivity contribution in [2.45, 2.75) is 57.5 Å². The van der Waals surface area contributed by atoms with Crippen molar-refractivity contribution in [3.8, 4) is 0 Å². The number of aliphatic hydroxyl groups excluding tert-OH is 2. The summed E-state index contributed by atoms with van der Waals surface area (Å²) in [5, 5.41) is 19.8. The molecular formula is C12H22O2. The highest BCUT2D eigenvalue weighted by Gasteiger charge is 2.43. The average molecular weight is 198 g/mol.